The van der Waals surface area contributed by atoms with Crippen molar-refractivity contribution in [1.29, 1.82) is 5.26 Å². The molecule has 10 heteroatoms. The predicted molar refractivity (Wildman–Crippen MR) is 136 cm³/mol. The van der Waals surface area contributed by atoms with Gasteiger partial charge in [-0.25, -0.2) is 13.4 Å². The van der Waals surface area contributed by atoms with Crippen LogP contribution in [0, 0.1) is 18.3 Å². The molecule has 0 saturated carbocycles. The molecule has 1 aliphatic rings. The predicted octanol–water partition coefficient (Wildman–Crippen LogP) is 4.97. The lowest BCUT2D eigenvalue weighted by atomic mass is 10.0. The molecule has 1 aromatic heterocycles. The van der Waals surface area contributed by atoms with Crippen molar-refractivity contribution in [2.75, 3.05) is 17.5 Å². The van der Waals surface area contributed by atoms with Crippen molar-refractivity contribution in [3.8, 4) is 22.9 Å². The minimum Gasteiger partial charge on any atom is -0.491 e. The van der Waals surface area contributed by atoms with Crippen molar-refractivity contribution in [3.63, 3.8) is 0 Å². The van der Waals surface area contributed by atoms with Crippen molar-refractivity contribution in [1.82, 2.24) is 4.98 Å². The highest BCUT2D eigenvalue weighted by Gasteiger charge is 2.32. The molecule has 4 rings (SSSR count). The van der Waals surface area contributed by atoms with E-state index in [2.05, 4.69) is 4.98 Å². The summed E-state index contributed by atoms with van der Waals surface area (Å²) in [7, 11) is -4.12. The van der Waals surface area contributed by atoms with Gasteiger partial charge < -0.3 is 9.84 Å². The van der Waals surface area contributed by atoms with E-state index in [0.717, 1.165) is 18.4 Å². The van der Waals surface area contributed by atoms with E-state index in [9.17, 15) is 13.2 Å². The van der Waals surface area contributed by atoms with E-state index in [1.807, 2.05) is 18.2 Å². The number of aromatic nitrogens is 1. The number of para-hydroxylation sites is 1. The monoisotopic (exact) mass is 525 g/mol. The van der Waals surface area contributed by atoms with Crippen LogP contribution < -0.4 is 9.04 Å². The van der Waals surface area contributed by atoms with Crippen LogP contribution in [-0.4, -0.2) is 37.6 Å². The summed E-state index contributed by atoms with van der Waals surface area (Å²) in [6.45, 7) is 1.86. The molecular formula is C26H24ClN3O5S. The summed E-state index contributed by atoms with van der Waals surface area (Å²) in [5, 5.41) is 18.4. The molecule has 0 spiro atoms. The highest BCUT2D eigenvalue weighted by Crippen LogP contribution is 2.40. The lowest BCUT2D eigenvalue weighted by Gasteiger charge is -2.26. The SMILES string of the molecule is Cc1cc(C#N)ncc1-c1cc(S(=O)(=O)N2CCCCc3ccccc32)c(OCCC(=O)O)cc1Cl. The summed E-state index contributed by atoms with van der Waals surface area (Å²) in [5.74, 6) is -1.09. The molecule has 3 aromatic rings. The maximum atomic E-state index is 14.1. The van der Waals surface area contributed by atoms with Gasteiger partial charge in [0.1, 0.15) is 22.4 Å². The van der Waals surface area contributed by atoms with Gasteiger partial charge in [0, 0.05) is 29.9 Å². The third-order valence-corrected chi connectivity index (χ3v) is 8.16. The number of halogens is 1. The molecular weight excluding hydrogens is 502 g/mol. The Morgan fingerprint density at radius 3 is 2.72 bits per heavy atom. The third kappa shape index (κ3) is 5.15. The highest BCUT2D eigenvalue weighted by molar-refractivity contribution is 7.93. The molecule has 1 aliphatic heterocycles. The quantitative estimate of drug-likeness (QED) is 0.462. The van der Waals surface area contributed by atoms with Crippen molar-refractivity contribution in [2.45, 2.75) is 37.5 Å². The average molecular weight is 526 g/mol. The largest absolute Gasteiger partial charge is 0.491 e. The number of benzene rings is 2. The minimum absolute atomic E-state index is 0.0222. The molecule has 0 bridgehead atoms. The number of nitrogens with zero attached hydrogens (tertiary/aromatic N) is 3. The zero-order chi connectivity index (χ0) is 25.9. The first-order valence-corrected chi connectivity index (χ1v) is 13.2. The fourth-order valence-corrected chi connectivity index (χ4v) is 6.17. The van der Waals surface area contributed by atoms with Crippen molar-refractivity contribution >= 4 is 33.3 Å². The van der Waals surface area contributed by atoms with Crippen LogP contribution in [-0.2, 0) is 21.2 Å². The van der Waals surface area contributed by atoms with Crippen LogP contribution >= 0.6 is 11.6 Å². The first-order valence-electron chi connectivity index (χ1n) is 11.4. The van der Waals surface area contributed by atoms with Crippen LogP contribution in [0.2, 0.25) is 5.02 Å². The summed E-state index contributed by atoms with van der Waals surface area (Å²) in [6.07, 6.45) is 3.49. The van der Waals surface area contributed by atoms with Gasteiger partial charge in [-0.05, 0) is 55.5 Å². The number of nitriles is 1. The van der Waals surface area contributed by atoms with Gasteiger partial charge >= 0.3 is 5.97 Å². The lowest BCUT2D eigenvalue weighted by molar-refractivity contribution is -0.137. The van der Waals surface area contributed by atoms with E-state index in [1.165, 1.54) is 22.6 Å². The first kappa shape index (κ1) is 25.5. The number of carbonyl (C=O) groups is 1. The van der Waals surface area contributed by atoms with E-state index >= 15 is 0 Å². The molecule has 0 aliphatic carbocycles. The van der Waals surface area contributed by atoms with Crippen LogP contribution in [0.1, 0.15) is 36.1 Å². The van der Waals surface area contributed by atoms with Gasteiger partial charge in [0.15, 0.2) is 0 Å². The summed E-state index contributed by atoms with van der Waals surface area (Å²) >= 11 is 6.57. The van der Waals surface area contributed by atoms with Crippen LogP contribution in [0.4, 0.5) is 5.69 Å². The van der Waals surface area contributed by atoms with E-state index in [1.54, 1.807) is 25.1 Å². The maximum Gasteiger partial charge on any atom is 0.306 e. The maximum absolute atomic E-state index is 14.1. The minimum atomic E-state index is -4.12. The Morgan fingerprint density at radius 1 is 1.22 bits per heavy atom. The number of hydrogen-bond donors (Lipinski definition) is 1. The lowest BCUT2D eigenvalue weighted by Crippen LogP contribution is -2.32. The zero-order valence-electron chi connectivity index (χ0n) is 19.6. The van der Waals surface area contributed by atoms with Gasteiger partial charge in [0.25, 0.3) is 10.0 Å². The zero-order valence-corrected chi connectivity index (χ0v) is 21.1. The standard InChI is InChI=1S/C26H24ClN3O5S/c1-17-12-19(15-28)29-16-21(17)20-13-25(24(14-22(20)27)35-11-9-26(31)32)36(33,34)30-10-5-4-7-18-6-2-3-8-23(18)30/h2-3,6,8,12-14,16H,4-5,7,9-11H2,1H3,(H,31,32). The molecule has 36 heavy (non-hydrogen) atoms. The van der Waals surface area contributed by atoms with Crippen molar-refractivity contribution in [2.24, 2.45) is 0 Å². The van der Waals surface area contributed by atoms with Gasteiger partial charge in [-0.1, -0.05) is 29.8 Å². The molecule has 0 saturated heterocycles. The molecule has 2 aromatic carbocycles. The second-order valence-electron chi connectivity index (χ2n) is 8.43. The van der Waals surface area contributed by atoms with Gasteiger partial charge in [0.05, 0.1) is 23.7 Å². The Morgan fingerprint density at radius 2 is 2.00 bits per heavy atom. The fraction of sp³-hybridized carbons (Fsp3) is 0.269. The Bertz CT molecular complexity index is 1470. The Kier molecular flexibility index (Phi) is 7.48. The fourth-order valence-electron chi connectivity index (χ4n) is 4.23. The summed E-state index contributed by atoms with van der Waals surface area (Å²) < 4.78 is 35.3. The topological polar surface area (TPSA) is 121 Å². The van der Waals surface area contributed by atoms with Crippen LogP contribution in [0.15, 0.2) is 53.6 Å². The molecule has 0 amide bonds. The van der Waals surface area contributed by atoms with Gasteiger partial charge in [-0.3, -0.25) is 9.10 Å². The van der Waals surface area contributed by atoms with Crippen LogP contribution in [0.25, 0.3) is 11.1 Å². The van der Waals surface area contributed by atoms with Crippen LogP contribution in [0.3, 0.4) is 0 Å². The summed E-state index contributed by atoms with van der Waals surface area (Å²) in [5.41, 5.74) is 3.47. The average Bonchev–Trinajstić information content (AvgIpc) is 3.07. The molecule has 1 N–H and O–H groups in total. The number of sulfonamides is 1. The number of pyridine rings is 1. The van der Waals surface area contributed by atoms with Gasteiger partial charge in [-0.15, -0.1) is 0 Å². The first-order chi connectivity index (χ1) is 17.2. The number of hydrogen-bond acceptors (Lipinski definition) is 6. The number of anilines is 1. The second kappa shape index (κ2) is 10.6. The molecule has 0 unspecified atom stereocenters. The van der Waals surface area contributed by atoms with Gasteiger partial charge in [-0.2, -0.15) is 5.26 Å². The number of ether oxygens (including phenoxy) is 1. The summed E-state index contributed by atoms with van der Waals surface area (Å²) in [4.78, 5) is 15.0. The summed E-state index contributed by atoms with van der Waals surface area (Å²) in [6, 6.07) is 13.8. The van der Waals surface area contributed by atoms with E-state index in [-0.39, 0.29) is 34.4 Å². The van der Waals surface area contributed by atoms with Crippen molar-refractivity contribution in [3.05, 3.63) is 70.5 Å². The Balaban J connectivity index is 1.88. The normalized spacial score (nSPS) is 13.4. The molecule has 2 heterocycles. The molecule has 0 fully saturated rings. The Hall–Kier alpha value is -3.61. The van der Waals surface area contributed by atoms with E-state index in [4.69, 9.17) is 26.7 Å². The van der Waals surface area contributed by atoms with Gasteiger partial charge in [0.2, 0.25) is 0 Å². The number of carboxylic acids is 1. The molecule has 8 nitrogen and oxygen atoms in total. The number of aliphatic carboxylic acids is 1. The van der Waals surface area contributed by atoms with E-state index < -0.39 is 16.0 Å². The number of fused-ring (bicyclic) bond motifs is 1. The van der Waals surface area contributed by atoms with E-state index in [0.29, 0.717) is 35.3 Å². The molecule has 186 valence electrons. The molecule has 0 atom stereocenters. The third-order valence-electron chi connectivity index (χ3n) is 6.01. The number of rotatable bonds is 7. The highest BCUT2D eigenvalue weighted by atomic mass is 35.5. The smallest absolute Gasteiger partial charge is 0.306 e. The Labute approximate surface area is 214 Å². The second-order valence-corrected chi connectivity index (χ2v) is 10.7. The van der Waals surface area contributed by atoms with Crippen molar-refractivity contribution < 1.29 is 23.1 Å². The number of aryl methyl sites for hydroxylation is 2. The van der Waals surface area contributed by atoms with Crippen LogP contribution in [0.5, 0.6) is 5.75 Å². The molecule has 0 radical (unpaired) electrons. The number of carboxylic acid groups (broad SMARTS) is 1.